The first-order chi connectivity index (χ1) is 16.2. The first kappa shape index (κ1) is 20.6. The number of hydrogen-bond donors (Lipinski definition) is 2. The minimum absolute atomic E-state index is 0.170. The number of aromatic nitrogens is 6. The normalized spacial score (nSPS) is 22.2. The van der Waals surface area contributed by atoms with Gasteiger partial charge in [-0.3, -0.25) is 0 Å². The van der Waals surface area contributed by atoms with Crippen molar-refractivity contribution in [2.75, 3.05) is 18.5 Å². The maximum atomic E-state index is 9.72. The monoisotopic (exact) mass is 447 g/mol. The quantitative estimate of drug-likeness (QED) is 0.493. The van der Waals surface area contributed by atoms with Crippen molar-refractivity contribution in [2.24, 2.45) is 0 Å². The number of nitrogens with zero attached hydrogens (tertiary/aromatic N) is 6. The maximum Gasteiger partial charge on any atom is 0.241 e. The summed E-state index contributed by atoms with van der Waals surface area (Å²) in [6.45, 7) is 3.63. The summed E-state index contributed by atoms with van der Waals surface area (Å²) in [6.07, 6.45) is 11.1. The van der Waals surface area contributed by atoms with Crippen molar-refractivity contribution in [1.82, 2.24) is 29.1 Å². The Bertz CT molecular complexity index is 1280. The van der Waals surface area contributed by atoms with Crippen LogP contribution in [0.1, 0.15) is 50.4 Å². The van der Waals surface area contributed by atoms with E-state index < -0.39 is 0 Å². The molecule has 9 nitrogen and oxygen atoms in total. The van der Waals surface area contributed by atoms with E-state index in [2.05, 4.69) is 44.0 Å². The average molecular weight is 448 g/mol. The van der Waals surface area contributed by atoms with Gasteiger partial charge in [-0.25, -0.2) is 19.5 Å². The molecular formula is C24H29N7O2. The zero-order chi connectivity index (χ0) is 22.4. The second-order valence-corrected chi connectivity index (χ2v) is 9.23. The molecule has 1 saturated carbocycles. The first-order valence-corrected chi connectivity index (χ1v) is 11.9. The van der Waals surface area contributed by atoms with E-state index in [1.165, 1.54) is 0 Å². The number of pyridine rings is 1. The number of nitrogens with one attached hydrogen (secondary N) is 1. The number of aryl methyl sites for hydroxylation is 1. The van der Waals surface area contributed by atoms with Gasteiger partial charge in [0.05, 0.1) is 23.3 Å². The summed E-state index contributed by atoms with van der Waals surface area (Å²) in [5.41, 5.74) is 4.87. The van der Waals surface area contributed by atoms with E-state index in [0.717, 1.165) is 85.4 Å². The number of imidazole rings is 1. The van der Waals surface area contributed by atoms with Crippen molar-refractivity contribution < 1.29 is 9.84 Å². The van der Waals surface area contributed by atoms with Gasteiger partial charge in [0.2, 0.25) is 5.95 Å². The average Bonchev–Trinajstić information content (AvgIpc) is 3.40. The molecule has 0 radical (unpaired) electrons. The molecule has 0 atom stereocenters. The highest BCUT2D eigenvalue weighted by molar-refractivity contribution is 5.85. The molecule has 2 aliphatic rings. The van der Waals surface area contributed by atoms with Crippen LogP contribution in [-0.4, -0.2) is 59.6 Å². The smallest absolute Gasteiger partial charge is 0.241 e. The molecule has 2 N–H and O–H groups in total. The predicted molar refractivity (Wildman–Crippen MR) is 125 cm³/mol. The van der Waals surface area contributed by atoms with Gasteiger partial charge in [-0.05, 0) is 57.6 Å². The lowest BCUT2D eigenvalue weighted by atomic mass is 9.93. The molecule has 0 unspecified atom stereocenters. The van der Waals surface area contributed by atoms with Crippen LogP contribution in [0.5, 0.6) is 0 Å². The zero-order valence-corrected chi connectivity index (χ0v) is 18.8. The van der Waals surface area contributed by atoms with Gasteiger partial charge in [0.15, 0.2) is 5.65 Å². The third-order valence-electron chi connectivity index (χ3n) is 7.04. The van der Waals surface area contributed by atoms with E-state index in [1.807, 2.05) is 23.1 Å². The van der Waals surface area contributed by atoms with Crippen LogP contribution in [0.25, 0.3) is 27.8 Å². The van der Waals surface area contributed by atoms with Gasteiger partial charge in [0, 0.05) is 48.8 Å². The Kier molecular flexibility index (Phi) is 5.22. The number of hydrogen-bond acceptors (Lipinski definition) is 7. The Morgan fingerprint density at radius 1 is 1.03 bits per heavy atom. The molecule has 6 rings (SSSR count). The van der Waals surface area contributed by atoms with Crippen LogP contribution < -0.4 is 5.32 Å². The molecule has 0 amide bonds. The maximum absolute atomic E-state index is 9.72. The van der Waals surface area contributed by atoms with Crippen LogP contribution >= 0.6 is 0 Å². The number of rotatable bonds is 4. The third-order valence-corrected chi connectivity index (χ3v) is 7.04. The van der Waals surface area contributed by atoms with E-state index in [-0.39, 0.29) is 6.10 Å². The van der Waals surface area contributed by atoms with Crippen molar-refractivity contribution in [3.05, 3.63) is 36.5 Å². The standard InChI is InChI=1S/C24H29N7O2/c1-15-27-23-21(31(15)18-7-10-33-11-8-18)12-16(13-25-23)20-6-9-30-22(20)14-26-24(29-30)28-17-2-4-19(32)5-3-17/h6,9,12-14,17-19,32H,2-5,7-8,10-11H2,1H3,(H,28,29)/t17-,19+. The lowest BCUT2D eigenvalue weighted by Gasteiger charge is -2.26. The van der Waals surface area contributed by atoms with Crippen molar-refractivity contribution in [2.45, 2.75) is 63.6 Å². The zero-order valence-electron chi connectivity index (χ0n) is 18.8. The lowest BCUT2D eigenvalue weighted by Crippen LogP contribution is -2.29. The highest BCUT2D eigenvalue weighted by atomic mass is 16.5. The molecule has 4 aromatic heterocycles. The molecule has 4 aromatic rings. The summed E-state index contributed by atoms with van der Waals surface area (Å²) in [5, 5.41) is 17.8. The van der Waals surface area contributed by atoms with Crippen molar-refractivity contribution in [3.63, 3.8) is 0 Å². The van der Waals surface area contributed by atoms with Crippen LogP contribution in [0.4, 0.5) is 5.95 Å². The second-order valence-electron chi connectivity index (χ2n) is 9.23. The van der Waals surface area contributed by atoms with Crippen molar-refractivity contribution >= 4 is 22.6 Å². The third kappa shape index (κ3) is 3.85. The predicted octanol–water partition coefficient (Wildman–Crippen LogP) is 3.52. The van der Waals surface area contributed by atoms with Gasteiger partial charge in [-0.2, -0.15) is 0 Å². The fraction of sp³-hybridized carbons (Fsp3) is 0.500. The number of fused-ring (bicyclic) bond motifs is 2. The Morgan fingerprint density at radius 2 is 1.85 bits per heavy atom. The second kappa shape index (κ2) is 8.39. The summed E-state index contributed by atoms with van der Waals surface area (Å²) in [6, 6.07) is 4.95. The Balaban J connectivity index is 1.31. The fourth-order valence-corrected chi connectivity index (χ4v) is 5.26. The molecule has 33 heavy (non-hydrogen) atoms. The molecule has 1 aliphatic carbocycles. The molecule has 1 saturated heterocycles. The van der Waals surface area contributed by atoms with Crippen LogP contribution in [-0.2, 0) is 4.74 Å². The molecular weight excluding hydrogens is 418 g/mol. The minimum atomic E-state index is -0.170. The largest absolute Gasteiger partial charge is 0.393 e. The Hall–Kier alpha value is -3.04. The van der Waals surface area contributed by atoms with Gasteiger partial charge < -0.3 is 19.7 Å². The highest BCUT2D eigenvalue weighted by Gasteiger charge is 2.22. The van der Waals surface area contributed by atoms with E-state index in [9.17, 15) is 5.11 Å². The van der Waals surface area contributed by atoms with Crippen LogP contribution in [0.2, 0.25) is 0 Å². The molecule has 5 heterocycles. The first-order valence-electron chi connectivity index (χ1n) is 11.9. The minimum Gasteiger partial charge on any atom is -0.393 e. The Morgan fingerprint density at radius 3 is 2.67 bits per heavy atom. The van der Waals surface area contributed by atoms with E-state index in [4.69, 9.17) is 9.72 Å². The topological polar surface area (TPSA) is 102 Å². The number of ether oxygens (including phenoxy) is 1. The van der Waals surface area contributed by atoms with Crippen molar-refractivity contribution in [1.29, 1.82) is 0 Å². The molecule has 0 bridgehead atoms. The highest BCUT2D eigenvalue weighted by Crippen LogP contribution is 2.31. The van der Waals surface area contributed by atoms with Gasteiger partial charge in [-0.15, -0.1) is 5.10 Å². The molecule has 0 aromatic carbocycles. The molecule has 2 fully saturated rings. The number of anilines is 1. The van der Waals surface area contributed by atoms with Gasteiger partial charge in [0.1, 0.15) is 5.82 Å². The molecule has 0 spiro atoms. The summed E-state index contributed by atoms with van der Waals surface area (Å²) in [4.78, 5) is 14.0. The summed E-state index contributed by atoms with van der Waals surface area (Å²) < 4.78 is 9.75. The number of aliphatic hydroxyl groups is 1. The summed E-state index contributed by atoms with van der Waals surface area (Å²) in [7, 11) is 0. The van der Waals surface area contributed by atoms with E-state index >= 15 is 0 Å². The van der Waals surface area contributed by atoms with Crippen LogP contribution in [0, 0.1) is 6.92 Å². The summed E-state index contributed by atoms with van der Waals surface area (Å²) >= 11 is 0. The van der Waals surface area contributed by atoms with Crippen LogP contribution in [0.3, 0.4) is 0 Å². The van der Waals surface area contributed by atoms with Crippen LogP contribution in [0.15, 0.2) is 30.7 Å². The molecule has 1 aliphatic heterocycles. The van der Waals surface area contributed by atoms with E-state index in [1.54, 1.807) is 0 Å². The molecule has 9 heteroatoms. The fourth-order valence-electron chi connectivity index (χ4n) is 5.26. The SMILES string of the molecule is Cc1nc2ncc(-c3ccn4nc(N[C@H]5CC[C@@H](O)CC5)ncc34)cc2n1C1CCOCC1. The van der Waals surface area contributed by atoms with E-state index in [0.29, 0.717) is 18.0 Å². The Labute approximate surface area is 191 Å². The van der Waals surface area contributed by atoms with Gasteiger partial charge in [0.25, 0.3) is 0 Å². The number of aliphatic hydroxyl groups excluding tert-OH is 1. The lowest BCUT2D eigenvalue weighted by molar-refractivity contribution is 0.0701. The molecule has 172 valence electrons. The summed E-state index contributed by atoms with van der Waals surface area (Å²) in [5.74, 6) is 1.62. The van der Waals surface area contributed by atoms with Crippen molar-refractivity contribution in [3.8, 4) is 11.1 Å². The van der Waals surface area contributed by atoms with Gasteiger partial charge >= 0.3 is 0 Å². The van der Waals surface area contributed by atoms with Gasteiger partial charge in [-0.1, -0.05) is 0 Å².